The zero-order valence-electron chi connectivity index (χ0n) is 11.7. The molecular formula is C13H14F3N5O. The summed E-state index contributed by atoms with van der Waals surface area (Å²) in [5.74, 6) is -0.879. The van der Waals surface area contributed by atoms with Crippen LogP contribution in [-0.4, -0.2) is 37.3 Å². The first kappa shape index (κ1) is 14.8. The Morgan fingerprint density at radius 2 is 2.14 bits per heavy atom. The van der Waals surface area contributed by atoms with E-state index in [1.807, 2.05) is 12.2 Å². The van der Waals surface area contributed by atoms with Gasteiger partial charge in [-0.05, 0) is 13.3 Å². The smallest absolute Gasteiger partial charge is 0.396 e. The molecule has 1 aliphatic rings. The van der Waals surface area contributed by atoms with E-state index in [1.165, 1.54) is 0 Å². The number of aryl methyl sites for hydroxylation is 1. The minimum atomic E-state index is -4.62. The summed E-state index contributed by atoms with van der Waals surface area (Å²) in [6.45, 7) is 1.72. The number of alkyl halides is 3. The molecule has 0 bridgehead atoms. The molecule has 0 radical (unpaired) electrons. The summed E-state index contributed by atoms with van der Waals surface area (Å²) < 4.78 is 39.3. The van der Waals surface area contributed by atoms with Gasteiger partial charge in [-0.1, -0.05) is 12.2 Å². The number of halogens is 3. The van der Waals surface area contributed by atoms with Crippen molar-refractivity contribution in [2.75, 3.05) is 11.9 Å². The van der Waals surface area contributed by atoms with E-state index in [2.05, 4.69) is 20.4 Å². The third kappa shape index (κ3) is 2.76. The highest BCUT2D eigenvalue weighted by Crippen LogP contribution is 2.28. The van der Waals surface area contributed by atoms with E-state index in [4.69, 9.17) is 5.11 Å². The van der Waals surface area contributed by atoms with Crippen LogP contribution in [0, 0.1) is 12.8 Å². The number of aromatic nitrogens is 4. The lowest BCUT2D eigenvalue weighted by atomic mass is 10.1. The van der Waals surface area contributed by atoms with E-state index in [0.29, 0.717) is 17.9 Å². The Kier molecular flexibility index (Phi) is 3.51. The average molecular weight is 313 g/mol. The van der Waals surface area contributed by atoms with Crippen molar-refractivity contribution < 1.29 is 18.3 Å². The summed E-state index contributed by atoms with van der Waals surface area (Å²) in [5, 5.41) is 15.7. The molecule has 22 heavy (non-hydrogen) atoms. The Labute approximate surface area is 123 Å². The van der Waals surface area contributed by atoms with Gasteiger partial charge in [-0.3, -0.25) is 0 Å². The van der Waals surface area contributed by atoms with E-state index in [1.54, 1.807) is 13.0 Å². The number of fused-ring (bicyclic) bond motifs is 1. The van der Waals surface area contributed by atoms with Crippen LogP contribution in [0.25, 0.3) is 5.78 Å². The molecular weight excluding hydrogens is 299 g/mol. The molecule has 2 heterocycles. The predicted molar refractivity (Wildman–Crippen MR) is 72.3 cm³/mol. The third-order valence-electron chi connectivity index (χ3n) is 3.43. The minimum Gasteiger partial charge on any atom is -0.396 e. The van der Waals surface area contributed by atoms with Crippen LogP contribution in [0.4, 0.5) is 19.0 Å². The van der Waals surface area contributed by atoms with Crippen LogP contribution >= 0.6 is 0 Å². The first-order valence-corrected chi connectivity index (χ1v) is 6.74. The van der Waals surface area contributed by atoms with Gasteiger partial charge in [-0.15, -0.1) is 5.10 Å². The molecule has 0 unspecified atom stereocenters. The van der Waals surface area contributed by atoms with E-state index in [0.717, 1.165) is 4.52 Å². The highest BCUT2D eigenvalue weighted by Gasteiger charge is 2.37. The average Bonchev–Trinajstić information content (AvgIpc) is 3.04. The van der Waals surface area contributed by atoms with Crippen molar-refractivity contribution in [3.8, 4) is 0 Å². The van der Waals surface area contributed by atoms with Gasteiger partial charge in [0.25, 0.3) is 11.6 Å². The lowest BCUT2D eigenvalue weighted by Crippen LogP contribution is -2.19. The van der Waals surface area contributed by atoms with Gasteiger partial charge in [-0.25, -0.2) is 4.98 Å². The molecule has 0 spiro atoms. The predicted octanol–water partition coefficient (Wildman–Crippen LogP) is 1.80. The Morgan fingerprint density at radius 3 is 2.77 bits per heavy atom. The van der Waals surface area contributed by atoms with Crippen molar-refractivity contribution in [1.82, 2.24) is 19.6 Å². The SMILES string of the molecule is Cc1cc(N[C@@H]2C=C[C@H](CO)C2)n2nc(C(F)(F)F)nc2n1. The highest BCUT2D eigenvalue weighted by molar-refractivity contribution is 5.47. The summed E-state index contributed by atoms with van der Waals surface area (Å²) in [6.07, 6.45) is -0.191. The van der Waals surface area contributed by atoms with Crippen molar-refractivity contribution in [1.29, 1.82) is 0 Å². The number of hydrogen-bond acceptors (Lipinski definition) is 5. The number of aliphatic hydroxyl groups excluding tert-OH is 1. The normalized spacial score (nSPS) is 21.7. The fraction of sp³-hybridized carbons (Fsp3) is 0.462. The molecule has 2 atom stereocenters. The van der Waals surface area contributed by atoms with E-state index < -0.39 is 12.0 Å². The summed E-state index contributed by atoms with van der Waals surface area (Å²) >= 11 is 0. The van der Waals surface area contributed by atoms with Crippen molar-refractivity contribution in [3.63, 3.8) is 0 Å². The first-order chi connectivity index (χ1) is 10.4. The molecule has 6 nitrogen and oxygen atoms in total. The Hall–Kier alpha value is -2.16. The maximum Gasteiger partial charge on any atom is 0.453 e. The number of anilines is 1. The zero-order valence-corrected chi connectivity index (χ0v) is 11.7. The number of aliphatic hydroxyl groups is 1. The maximum atomic E-state index is 12.7. The molecule has 0 saturated heterocycles. The van der Waals surface area contributed by atoms with Gasteiger partial charge in [0.2, 0.25) is 0 Å². The van der Waals surface area contributed by atoms with E-state index >= 15 is 0 Å². The van der Waals surface area contributed by atoms with Crippen LogP contribution < -0.4 is 5.32 Å². The number of nitrogens with zero attached hydrogens (tertiary/aromatic N) is 4. The Balaban J connectivity index is 1.95. The molecule has 118 valence electrons. The highest BCUT2D eigenvalue weighted by atomic mass is 19.4. The van der Waals surface area contributed by atoms with Crippen molar-refractivity contribution >= 4 is 11.6 Å². The van der Waals surface area contributed by atoms with Crippen molar-refractivity contribution in [2.24, 2.45) is 5.92 Å². The van der Waals surface area contributed by atoms with Crippen LogP contribution in [0.3, 0.4) is 0 Å². The molecule has 0 aromatic carbocycles. The minimum absolute atomic E-state index is 0.0427. The molecule has 2 aromatic rings. The maximum absolute atomic E-state index is 12.7. The summed E-state index contributed by atoms with van der Waals surface area (Å²) in [4.78, 5) is 7.40. The molecule has 0 amide bonds. The van der Waals surface area contributed by atoms with Gasteiger partial charge >= 0.3 is 6.18 Å². The quantitative estimate of drug-likeness (QED) is 0.845. The molecule has 0 aliphatic heterocycles. The fourth-order valence-electron chi connectivity index (χ4n) is 2.42. The van der Waals surface area contributed by atoms with Gasteiger partial charge < -0.3 is 10.4 Å². The van der Waals surface area contributed by atoms with Gasteiger partial charge in [0.05, 0.1) is 0 Å². The van der Waals surface area contributed by atoms with Crippen molar-refractivity contribution in [2.45, 2.75) is 25.6 Å². The lowest BCUT2D eigenvalue weighted by molar-refractivity contribution is -0.144. The molecule has 9 heteroatoms. The van der Waals surface area contributed by atoms with Gasteiger partial charge in [0.1, 0.15) is 5.82 Å². The number of hydrogen-bond donors (Lipinski definition) is 2. The molecule has 3 rings (SSSR count). The van der Waals surface area contributed by atoms with Gasteiger partial charge in [-0.2, -0.15) is 22.7 Å². The third-order valence-corrected chi connectivity index (χ3v) is 3.43. The molecule has 1 aliphatic carbocycles. The largest absolute Gasteiger partial charge is 0.453 e. The second kappa shape index (κ2) is 5.24. The van der Waals surface area contributed by atoms with Crippen molar-refractivity contribution in [3.05, 3.63) is 29.7 Å². The molecule has 2 aromatic heterocycles. The van der Waals surface area contributed by atoms with Crippen LogP contribution in [0.15, 0.2) is 18.2 Å². The van der Waals surface area contributed by atoms with Crippen LogP contribution in [0.1, 0.15) is 17.9 Å². The topological polar surface area (TPSA) is 75.3 Å². The summed E-state index contributed by atoms with van der Waals surface area (Å²) in [7, 11) is 0. The summed E-state index contributed by atoms with van der Waals surface area (Å²) in [6, 6.07) is 1.53. The number of nitrogens with one attached hydrogen (secondary N) is 1. The molecule has 0 saturated carbocycles. The Bertz CT molecular complexity index is 724. The second-order valence-corrected chi connectivity index (χ2v) is 5.24. The molecule has 2 N–H and O–H groups in total. The zero-order chi connectivity index (χ0) is 15.9. The lowest BCUT2D eigenvalue weighted by Gasteiger charge is -2.15. The van der Waals surface area contributed by atoms with Crippen LogP contribution in [-0.2, 0) is 6.18 Å². The van der Waals surface area contributed by atoms with Crippen LogP contribution in [0.2, 0.25) is 0 Å². The standard InChI is InChI=1S/C13H14F3N5O/c1-7-4-10(18-9-3-2-8(5-9)6-22)21-12(17-7)19-11(20-21)13(14,15)16/h2-4,8-9,18,22H,5-6H2,1H3/t8-,9+/m0/s1. The number of rotatable bonds is 3. The fourth-order valence-corrected chi connectivity index (χ4v) is 2.42. The van der Waals surface area contributed by atoms with E-state index in [-0.39, 0.29) is 24.3 Å². The molecule has 0 fully saturated rings. The van der Waals surface area contributed by atoms with Gasteiger partial charge in [0, 0.05) is 30.3 Å². The second-order valence-electron chi connectivity index (χ2n) is 5.24. The van der Waals surface area contributed by atoms with Gasteiger partial charge in [0.15, 0.2) is 0 Å². The van der Waals surface area contributed by atoms with Crippen LogP contribution in [0.5, 0.6) is 0 Å². The first-order valence-electron chi connectivity index (χ1n) is 6.74. The Morgan fingerprint density at radius 1 is 1.36 bits per heavy atom. The van der Waals surface area contributed by atoms with E-state index in [9.17, 15) is 13.2 Å². The summed E-state index contributed by atoms with van der Waals surface area (Å²) in [5.41, 5.74) is 0.539. The monoisotopic (exact) mass is 313 g/mol.